The van der Waals surface area contributed by atoms with Crippen molar-refractivity contribution in [1.29, 1.82) is 0 Å². The van der Waals surface area contributed by atoms with E-state index >= 15 is 0 Å². The van der Waals surface area contributed by atoms with E-state index in [2.05, 4.69) is 0 Å². The molecular weight excluding hydrogens is 198 g/mol. The molecule has 1 amide bonds. The molecule has 0 saturated carbocycles. The van der Waals surface area contributed by atoms with Crippen molar-refractivity contribution >= 4 is 11.9 Å². The number of piperidine rings is 1. The van der Waals surface area contributed by atoms with Gasteiger partial charge in [-0.15, -0.1) is 0 Å². The molecule has 0 aliphatic carbocycles. The van der Waals surface area contributed by atoms with Gasteiger partial charge in [0.25, 0.3) is 0 Å². The van der Waals surface area contributed by atoms with Crippen LogP contribution < -0.4 is 0 Å². The lowest BCUT2D eigenvalue weighted by molar-refractivity contribution is -0.134. The molecule has 1 saturated heterocycles. The van der Waals surface area contributed by atoms with Crippen LogP contribution in [0.2, 0.25) is 0 Å². The van der Waals surface area contributed by atoms with Gasteiger partial charge in [-0.1, -0.05) is 0 Å². The Morgan fingerprint density at radius 1 is 1.40 bits per heavy atom. The van der Waals surface area contributed by atoms with Gasteiger partial charge in [0.1, 0.15) is 0 Å². The second kappa shape index (κ2) is 4.44. The normalized spacial score (nSPS) is 26.9. The molecule has 84 valence electrons. The molecule has 1 aliphatic rings. The summed E-state index contributed by atoms with van der Waals surface area (Å²) in [6.45, 7) is 2.50. The molecular formula is C10H15NO4. The van der Waals surface area contributed by atoms with Gasteiger partial charge in [-0.2, -0.15) is 0 Å². The maximum atomic E-state index is 11.5. The summed E-state index contributed by atoms with van der Waals surface area (Å²) in [5, 5.41) is 18.1. The van der Waals surface area contributed by atoms with Gasteiger partial charge in [-0.05, 0) is 19.8 Å². The maximum Gasteiger partial charge on any atom is 0.328 e. The first-order chi connectivity index (χ1) is 6.91. The number of carbonyl (C=O) groups is 2. The van der Waals surface area contributed by atoms with Crippen LogP contribution in [0.25, 0.3) is 0 Å². The van der Waals surface area contributed by atoms with Crippen LogP contribution in [0.1, 0.15) is 19.8 Å². The first-order valence-electron chi connectivity index (χ1n) is 4.83. The average Bonchev–Trinajstić information content (AvgIpc) is 2.12. The van der Waals surface area contributed by atoms with E-state index in [1.165, 1.54) is 4.90 Å². The van der Waals surface area contributed by atoms with E-state index in [-0.39, 0.29) is 12.5 Å². The van der Waals surface area contributed by atoms with Gasteiger partial charge < -0.3 is 15.1 Å². The molecule has 15 heavy (non-hydrogen) atoms. The quantitative estimate of drug-likeness (QED) is 0.633. The van der Waals surface area contributed by atoms with Gasteiger partial charge in [-0.3, -0.25) is 4.79 Å². The van der Waals surface area contributed by atoms with Crippen molar-refractivity contribution in [3.63, 3.8) is 0 Å². The molecule has 1 aliphatic heterocycles. The monoisotopic (exact) mass is 213 g/mol. The van der Waals surface area contributed by atoms with E-state index in [1.807, 2.05) is 0 Å². The molecule has 0 aromatic carbocycles. The highest BCUT2D eigenvalue weighted by atomic mass is 16.4. The van der Waals surface area contributed by atoms with E-state index in [0.29, 0.717) is 13.0 Å². The molecule has 1 unspecified atom stereocenters. The van der Waals surface area contributed by atoms with Crippen molar-refractivity contribution in [1.82, 2.24) is 4.90 Å². The first-order valence-corrected chi connectivity index (χ1v) is 4.83. The van der Waals surface area contributed by atoms with Crippen LogP contribution in [0.5, 0.6) is 0 Å². The number of rotatable bonds is 2. The number of nitrogens with zero attached hydrogens (tertiary/aromatic N) is 1. The predicted molar refractivity (Wildman–Crippen MR) is 53.2 cm³/mol. The van der Waals surface area contributed by atoms with Gasteiger partial charge >= 0.3 is 5.97 Å². The van der Waals surface area contributed by atoms with Crippen molar-refractivity contribution in [3.8, 4) is 0 Å². The number of hydrogen-bond donors (Lipinski definition) is 2. The lowest BCUT2D eigenvalue weighted by Gasteiger charge is -2.36. The third-order valence-corrected chi connectivity index (χ3v) is 2.36. The topological polar surface area (TPSA) is 77.8 Å². The summed E-state index contributed by atoms with van der Waals surface area (Å²) in [4.78, 5) is 23.1. The fourth-order valence-corrected chi connectivity index (χ4v) is 1.66. The molecule has 5 heteroatoms. The average molecular weight is 213 g/mol. The Morgan fingerprint density at radius 2 is 2.07 bits per heavy atom. The van der Waals surface area contributed by atoms with E-state index in [4.69, 9.17) is 5.11 Å². The number of likely N-dealkylation sites (tertiary alicyclic amines) is 1. The SMILES string of the molecule is CC1(O)CCCN(C(=O)/C=C\C(=O)O)C1. The summed E-state index contributed by atoms with van der Waals surface area (Å²) in [6.07, 6.45) is 3.23. The highest BCUT2D eigenvalue weighted by Gasteiger charge is 2.29. The smallest absolute Gasteiger partial charge is 0.328 e. The number of aliphatic hydroxyl groups is 1. The number of amides is 1. The van der Waals surface area contributed by atoms with Crippen molar-refractivity contribution < 1.29 is 19.8 Å². The van der Waals surface area contributed by atoms with Gasteiger partial charge in [0, 0.05) is 25.2 Å². The molecule has 0 radical (unpaired) electrons. The molecule has 1 atom stereocenters. The van der Waals surface area contributed by atoms with E-state index < -0.39 is 11.6 Å². The zero-order valence-electron chi connectivity index (χ0n) is 8.64. The second-order valence-electron chi connectivity index (χ2n) is 4.03. The summed E-state index contributed by atoms with van der Waals surface area (Å²) in [5.74, 6) is -1.51. The lowest BCUT2D eigenvalue weighted by Crippen LogP contribution is -2.48. The van der Waals surface area contributed by atoms with Crippen LogP contribution in [-0.2, 0) is 9.59 Å². The van der Waals surface area contributed by atoms with E-state index in [0.717, 1.165) is 18.6 Å². The summed E-state index contributed by atoms with van der Waals surface area (Å²) in [5.41, 5.74) is -0.856. The summed E-state index contributed by atoms with van der Waals surface area (Å²) >= 11 is 0. The Balaban J connectivity index is 2.57. The summed E-state index contributed by atoms with van der Waals surface area (Å²) < 4.78 is 0. The van der Waals surface area contributed by atoms with Crippen molar-refractivity contribution in [2.24, 2.45) is 0 Å². The predicted octanol–water partition coefficient (Wildman–Crippen LogP) is 0.000600. The number of hydrogen-bond acceptors (Lipinski definition) is 3. The zero-order chi connectivity index (χ0) is 11.5. The molecule has 5 nitrogen and oxygen atoms in total. The minimum Gasteiger partial charge on any atom is -0.478 e. The van der Waals surface area contributed by atoms with Crippen LogP contribution >= 0.6 is 0 Å². The minimum absolute atomic E-state index is 0.260. The Hall–Kier alpha value is -1.36. The zero-order valence-corrected chi connectivity index (χ0v) is 8.64. The van der Waals surface area contributed by atoms with Crippen molar-refractivity contribution in [2.45, 2.75) is 25.4 Å². The van der Waals surface area contributed by atoms with Crippen LogP contribution in [-0.4, -0.2) is 45.7 Å². The highest BCUT2D eigenvalue weighted by Crippen LogP contribution is 2.20. The third kappa shape index (κ3) is 3.71. The Morgan fingerprint density at radius 3 is 2.60 bits per heavy atom. The Kier molecular flexibility index (Phi) is 3.47. The number of carbonyl (C=O) groups excluding carboxylic acids is 1. The van der Waals surface area contributed by atoms with Crippen LogP contribution in [0, 0.1) is 0 Å². The van der Waals surface area contributed by atoms with Gasteiger partial charge in [-0.25, -0.2) is 4.79 Å². The van der Waals surface area contributed by atoms with Crippen LogP contribution in [0.15, 0.2) is 12.2 Å². The maximum absolute atomic E-state index is 11.5. The minimum atomic E-state index is -1.15. The van der Waals surface area contributed by atoms with E-state index in [9.17, 15) is 14.7 Å². The molecule has 1 fully saturated rings. The second-order valence-corrected chi connectivity index (χ2v) is 4.03. The fourth-order valence-electron chi connectivity index (χ4n) is 1.66. The number of carboxylic acids is 1. The summed E-state index contributed by atoms with van der Waals surface area (Å²) in [7, 11) is 0. The van der Waals surface area contributed by atoms with Crippen LogP contribution in [0.3, 0.4) is 0 Å². The fraction of sp³-hybridized carbons (Fsp3) is 0.600. The molecule has 0 aromatic heterocycles. The first kappa shape index (κ1) is 11.7. The number of carboxylic acid groups (broad SMARTS) is 1. The molecule has 1 rings (SSSR count). The van der Waals surface area contributed by atoms with Crippen molar-refractivity contribution in [2.75, 3.05) is 13.1 Å². The van der Waals surface area contributed by atoms with Crippen LogP contribution in [0.4, 0.5) is 0 Å². The highest BCUT2D eigenvalue weighted by molar-refractivity contribution is 5.93. The van der Waals surface area contributed by atoms with Crippen molar-refractivity contribution in [3.05, 3.63) is 12.2 Å². The molecule has 2 N–H and O–H groups in total. The summed E-state index contributed by atoms with van der Waals surface area (Å²) in [6, 6.07) is 0. The molecule has 0 spiro atoms. The molecule has 1 heterocycles. The lowest BCUT2D eigenvalue weighted by atomic mass is 9.95. The number of aliphatic carboxylic acids is 1. The third-order valence-electron chi connectivity index (χ3n) is 2.36. The Bertz CT molecular complexity index is 296. The number of β-amino-alcohol motifs (C(OH)–C–C–N with tert-alkyl or cyclic N) is 1. The van der Waals surface area contributed by atoms with Gasteiger partial charge in [0.2, 0.25) is 5.91 Å². The van der Waals surface area contributed by atoms with Gasteiger partial charge in [0.05, 0.1) is 5.60 Å². The Labute approximate surface area is 88.0 Å². The molecule has 0 bridgehead atoms. The van der Waals surface area contributed by atoms with Gasteiger partial charge in [0.15, 0.2) is 0 Å². The largest absolute Gasteiger partial charge is 0.478 e. The molecule has 0 aromatic rings. The van der Waals surface area contributed by atoms with E-state index in [1.54, 1.807) is 6.92 Å². The standard InChI is InChI=1S/C10H15NO4/c1-10(15)5-2-6-11(7-10)8(12)3-4-9(13)14/h3-4,15H,2,5-7H2,1H3,(H,13,14)/b4-3-.